The number of carbonyl (C=O) groups excluding carboxylic acids is 1. The van der Waals surface area contributed by atoms with Crippen LogP contribution in [0.2, 0.25) is 0 Å². The van der Waals surface area contributed by atoms with E-state index in [0.717, 1.165) is 14.7 Å². The minimum Gasteiger partial charge on any atom is -0.422 e. The number of hydrogen-bond donors (Lipinski definition) is 0. The lowest BCUT2D eigenvalue weighted by molar-refractivity contribution is -0.158. The maximum atomic E-state index is 13.0. The summed E-state index contributed by atoms with van der Waals surface area (Å²) in [6, 6.07) is 26.8. The second-order valence-electron chi connectivity index (χ2n) is 5.68. The molecule has 0 saturated heterocycles. The molecule has 5 heteroatoms. The standard InChI is InChI=1S/C21H17F2O2S/c1-21(22,23)20(24)25-16-12-14-19(15-13-16)26(17-8-4-2-5-9-17)18-10-6-3-7-11-18/h2-15H,1H3/q+1. The van der Waals surface area contributed by atoms with Crippen LogP contribution < -0.4 is 4.74 Å². The molecule has 0 aliphatic rings. The first-order chi connectivity index (χ1) is 12.4. The van der Waals surface area contributed by atoms with Crippen LogP contribution in [0.1, 0.15) is 6.92 Å². The number of alkyl halides is 2. The van der Waals surface area contributed by atoms with Gasteiger partial charge in [0.2, 0.25) is 0 Å². The largest absolute Gasteiger partial charge is 0.422 e. The molecule has 0 bridgehead atoms. The van der Waals surface area contributed by atoms with E-state index in [1.807, 2.05) is 36.4 Å². The molecule has 3 rings (SSSR count). The molecule has 0 saturated carbocycles. The van der Waals surface area contributed by atoms with Crippen LogP contribution in [0.25, 0.3) is 0 Å². The quantitative estimate of drug-likeness (QED) is 0.344. The van der Waals surface area contributed by atoms with Gasteiger partial charge in [0.15, 0.2) is 14.7 Å². The van der Waals surface area contributed by atoms with E-state index in [4.69, 9.17) is 4.74 Å². The van der Waals surface area contributed by atoms with Gasteiger partial charge in [-0.3, -0.25) is 0 Å². The summed E-state index contributed by atoms with van der Waals surface area (Å²) in [7, 11) is -0.341. The Labute approximate surface area is 153 Å². The average Bonchev–Trinajstić information content (AvgIpc) is 2.64. The smallest absolute Gasteiger partial charge is 0.382 e. The fraction of sp³-hybridized carbons (Fsp3) is 0.0952. The second-order valence-corrected chi connectivity index (χ2v) is 7.71. The highest BCUT2D eigenvalue weighted by atomic mass is 32.2. The zero-order chi connectivity index (χ0) is 18.6. The summed E-state index contributed by atoms with van der Waals surface area (Å²) in [5.41, 5.74) is 0. The zero-order valence-electron chi connectivity index (χ0n) is 14.1. The predicted molar refractivity (Wildman–Crippen MR) is 97.7 cm³/mol. The zero-order valence-corrected chi connectivity index (χ0v) is 14.9. The predicted octanol–water partition coefficient (Wildman–Crippen LogP) is 5.34. The third kappa shape index (κ3) is 4.29. The molecule has 0 spiro atoms. The van der Waals surface area contributed by atoms with E-state index in [9.17, 15) is 13.6 Å². The second kappa shape index (κ2) is 7.70. The lowest BCUT2D eigenvalue weighted by Crippen LogP contribution is -2.29. The summed E-state index contributed by atoms with van der Waals surface area (Å²) in [4.78, 5) is 14.6. The van der Waals surface area contributed by atoms with Crippen molar-refractivity contribution in [3.05, 3.63) is 84.9 Å². The molecule has 3 aromatic carbocycles. The Balaban J connectivity index is 1.92. The van der Waals surface area contributed by atoms with Gasteiger partial charge in [-0.05, 0) is 48.5 Å². The monoisotopic (exact) mass is 371 g/mol. The van der Waals surface area contributed by atoms with Crippen molar-refractivity contribution >= 4 is 16.9 Å². The molecule has 0 heterocycles. The van der Waals surface area contributed by atoms with Crippen molar-refractivity contribution < 1.29 is 18.3 Å². The minimum absolute atomic E-state index is 0.102. The van der Waals surface area contributed by atoms with E-state index in [0.29, 0.717) is 6.92 Å². The van der Waals surface area contributed by atoms with Gasteiger partial charge in [-0.2, -0.15) is 8.78 Å². The van der Waals surface area contributed by atoms with Gasteiger partial charge in [0.25, 0.3) is 0 Å². The first kappa shape index (κ1) is 18.1. The van der Waals surface area contributed by atoms with Crippen LogP contribution >= 0.6 is 0 Å². The first-order valence-corrected chi connectivity index (χ1v) is 9.22. The molecule has 132 valence electrons. The summed E-state index contributed by atoms with van der Waals surface area (Å²) in [5, 5.41) is 0. The Kier molecular flexibility index (Phi) is 5.38. The molecule has 0 N–H and O–H groups in total. The Morgan fingerprint density at radius 1 is 0.769 bits per heavy atom. The molecule has 0 aliphatic carbocycles. The summed E-state index contributed by atoms with van der Waals surface area (Å²) in [5.74, 6) is -4.97. The van der Waals surface area contributed by atoms with Gasteiger partial charge in [0.05, 0.1) is 10.9 Å². The number of carbonyl (C=O) groups is 1. The third-order valence-corrected chi connectivity index (χ3v) is 5.82. The van der Waals surface area contributed by atoms with E-state index < -0.39 is 11.9 Å². The van der Waals surface area contributed by atoms with Crippen LogP contribution in [0.15, 0.2) is 99.6 Å². The maximum absolute atomic E-state index is 13.0. The molecular weight excluding hydrogens is 354 g/mol. The van der Waals surface area contributed by atoms with Gasteiger partial charge < -0.3 is 4.74 Å². The average molecular weight is 371 g/mol. The fourth-order valence-corrected chi connectivity index (χ4v) is 4.45. The molecule has 2 nitrogen and oxygen atoms in total. The molecular formula is C21H17F2O2S+. The van der Waals surface area contributed by atoms with Crippen molar-refractivity contribution in [3.63, 3.8) is 0 Å². The highest BCUT2D eigenvalue weighted by Crippen LogP contribution is 2.32. The van der Waals surface area contributed by atoms with Gasteiger partial charge >= 0.3 is 11.9 Å². The molecule has 0 fully saturated rings. The molecule has 3 aromatic rings. The van der Waals surface area contributed by atoms with E-state index in [1.165, 1.54) is 0 Å². The number of ether oxygens (including phenoxy) is 1. The number of rotatable bonds is 5. The van der Waals surface area contributed by atoms with Crippen molar-refractivity contribution in [1.29, 1.82) is 0 Å². The van der Waals surface area contributed by atoms with Gasteiger partial charge in [-0.25, -0.2) is 4.79 Å². The molecule has 26 heavy (non-hydrogen) atoms. The summed E-state index contributed by atoms with van der Waals surface area (Å²) < 4.78 is 30.7. The van der Waals surface area contributed by atoms with Crippen LogP contribution in [0.4, 0.5) is 8.78 Å². The van der Waals surface area contributed by atoms with Crippen molar-refractivity contribution in [1.82, 2.24) is 0 Å². The van der Waals surface area contributed by atoms with Gasteiger partial charge in [0, 0.05) is 6.92 Å². The summed E-state index contributed by atoms with van der Waals surface area (Å²) in [6.07, 6.45) is 0. The SMILES string of the molecule is CC(F)(F)C(=O)Oc1ccc([S+](c2ccccc2)c2ccccc2)cc1. The lowest BCUT2D eigenvalue weighted by atomic mass is 10.3. The van der Waals surface area contributed by atoms with Gasteiger partial charge in [0.1, 0.15) is 5.75 Å². The van der Waals surface area contributed by atoms with Crippen LogP contribution in [0.3, 0.4) is 0 Å². The Hall–Kier alpha value is -2.66. The molecule has 0 unspecified atom stereocenters. The number of esters is 1. The maximum Gasteiger partial charge on any atom is 0.382 e. The Morgan fingerprint density at radius 3 is 1.62 bits per heavy atom. The molecule has 0 aromatic heterocycles. The van der Waals surface area contributed by atoms with E-state index in [-0.39, 0.29) is 16.6 Å². The minimum atomic E-state index is -3.52. The topological polar surface area (TPSA) is 26.3 Å². The summed E-state index contributed by atoms with van der Waals surface area (Å²) in [6.45, 7) is 0.520. The number of hydrogen-bond acceptors (Lipinski definition) is 2. The van der Waals surface area contributed by atoms with Crippen molar-refractivity contribution in [2.24, 2.45) is 0 Å². The lowest BCUT2D eigenvalue weighted by Gasteiger charge is -2.11. The molecule has 0 atom stereocenters. The van der Waals surface area contributed by atoms with E-state index >= 15 is 0 Å². The fourth-order valence-electron chi connectivity index (χ4n) is 2.36. The van der Waals surface area contributed by atoms with Crippen molar-refractivity contribution in [2.45, 2.75) is 27.5 Å². The van der Waals surface area contributed by atoms with Crippen LogP contribution in [-0.2, 0) is 15.7 Å². The van der Waals surface area contributed by atoms with Crippen molar-refractivity contribution in [2.75, 3.05) is 0 Å². The van der Waals surface area contributed by atoms with E-state index in [2.05, 4.69) is 24.3 Å². The van der Waals surface area contributed by atoms with Gasteiger partial charge in [-0.1, -0.05) is 36.4 Å². The molecule has 0 aliphatic heterocycles. The normalized spacial score (nSPS) is 11.4. The summed E-state index contributed by atoms with van der Waals surface area (Å²) >= 11 is 0. The molecule has 0 amide bonds. The van der Waals surface area contributed by atoms with Crippen molar-refractivity contribution in [3.8, 4) is 5.75 Å². The Bertz CT molecular complexity index is 821. The van der Waals surface area contributed by atoms with Gasteiger partial charge in [-0.15, -0.1) is 0 Å². The molecule has 0 radical (unpaired) electrons. The van der Waals surface area contributed by atoms with E-state index in [1.54, 1.807) is 24.3 Å². The first-order valence-electron chi connectivity index (χ1n) is 8.00. The number of halogens is 2. The van der Waals surface area contributed by atoms with Crippen LogP contribution in [0.5, 0.6) is 5.75 Å². The highest BCUT2D eigenvalue weighted by molar-refractivity contribution is 7.97. The van der Waals surface area contributed by atoms with Crippen LogP contribution in [0, 0.1) is 0 Å². The van der Waals surface area contributed by atoms with Crippen LogP contribution in [-0.4, -0.2) is 11.9 Å². The third-order valence-electron chi connectivity index (χ3n) is 3.59. The Morgan fingerprint density at radius 2 is 1.19 bits per heavy atom. The number of benzene rings is 3. The highest BCUT2D eigenvalue weighted by Gasteiger charge is 2.35.